The molecule has 0 bridgehead atoms. The first kappa shape index (κ1) is 15.1. The number of carbonyl (C=O) groups is 1. The Morgan fingerprint density at radius 1 is 1.12 bits per heavy atom. The topological polar surface area (TPSA) is 59.2 Å². The van der Waals surface area contributed by atoms with E-state index in [0.29, 0.717) is 18.5 Å². The Morgan fingerprint density at radius 3 is 2.84 bits per heavy atom. The summed E-state index contributed by atoms with van der Waals surface area (Å²) in [6.07, 6.45) is 13.2. The fraction of sp³-hybridized carbons (Fsp3) is 0.611. The van der Waals surface area contributed by atoms with Gasteiger partial charge in [-0.2, -0.15) is 5.10 Å². The van der Waals surface area contributed by atoms with Crippen LogP contribution in [0.2, 0.25) is 0 Å². The van der Waals surface area contributed by atoms with Crippen LogP contribution in [-0.2, 0) is 11.3 Å². The molecule has 2 saturated heterocycles. The van der Waals surface area contributed by atoms with Crippen LogP contribution in [0.5, 0.6) is 0 Å². The molecule has 1 aliphatic carbocycles. The summed E-state index contributed by atoms with van der Waals surface area (Å²) < 4.78 is 4.40. The Bertz CT molecular complexity index is 776. The summed E-state index contributed by atoms with van der Waals surface area (Å²) in [7, 11) is 0. The second kappa shape index (κ2) is 5.98. The van der Waals surface area contributed by atoms with Crippen molar-refractivity contribution in [2.24, 2.45) is 0 Å². The zero-order chi connectivity index (χ0) is 16.8. The van der Waals surface area contributed by atoms with Crippen LogP contribution in [0, 0.1) is 0 Å². The maximum Gasteiger partial charge on any atom is 0.227 e. The van der Waals surface area contributed by atoms with Crippen LogP contribution in [0.3, 0.4) is 0 Å². The van der Waals surface area contributed by atoms with Crippen LogP contribution in [0.15, 0.2) is 24.9 Å². The minimum absolute atomic E-state index is 0.223. The number of nitrogens with zero attached hydrogens (tertiary/aromatic N) is 6. The number of hydrogen-bond donors (Lipinski definition) is 0. The monoisotopic (exact) mass is 340 g/mol. The lowest BCUT2D eigenvalue weighted by atomic mass is 10.3. The molecule has 0 radical (unpaired) electrons. The molecule has 2 aliphatic heterocycles. The lowest BCUT2D eigenvalue weighted by Gasteiger charge is -2.17. The maximum absolute atomic E-state index is 11.9. The first-order valence-electron chi connectivity index (χ1n) is 9.35. The van der Waals surface area contributed by atoms with E-state index in [-0.39, 0.29) is 5.91 Å². The standard InChI is InChI=1S/C18H24N6O/c25-18-2-1-6-22(18)17-9-20-24(12-17)15-5-7-21(10-15)11-16-8-19-13-23(16)14-3-4-14/h8-9,12-15H,1-7,10-11H2. The summed E-state index contributed by atoms with van der Waals surface area (Å²) in [5.41, 5.74) is 2.28. The average Bonchev–Trinajstić information content (AvgIpc) is 3.07. The second-order valence-corrected chi connectivity index (χ2v) is 7.53. The average molecular weight is 340 g/mol. The van der Waals surface area contributed by atoms with Crippen LogP contribution in [0.25, 0.3) is 0 Å². The number of rotatable bonds is 5. The van der Waals surface area contributed by atoms with Gasteiger partial charge in [-0.3, -0.25) is 14.4 Å². The van der Waals surface area contributed by atoms with Crippen LogP contribution in [0.1, 0.15) is 49.9 Å². The van der Waals surface area contributed by atoms with Gasteiger partial charge >= 0.3 is 0 Å². The fourth-order valence-corrected chi connectivity index (χ4v) is 4.13. The Kier molecular flexibility index (Phi) is 3.62. The van der Waals surface area contributed by atoms with Gasteiger partial charge in [-0.25, -0.2) is 4.98 Å². The van der Waals surface area contributed by atoms with Gasteiger partial charge in [0.25, 0.3) is 0 Å². The molecule has 1 unspecified atom stereocenters. The first-order valence-corrected chi connectivity index (χ1v) is 9.35. The van der Waals surface area contributed by atoms with Gasteiger partial charge in [0.1, 0.15) is 0 Å². The summed E-state index contributed by atoms with van der Waals surface area (Å²) >= 11 is 0. The van der Waals surface area contributed by atoms with Crippen molar-refractivity contribution < 1.29 is 4.79 Å². The van der Waals surface area contributed by atoms with E-state index in [1.807, 2.05) is 29.8 Å². The third-order valence-corrected chi connectivity index (χ3v) is 5.67. The van der Waals surface area contributed by atoms with E-state index in [9.17, 15) is 4.79 Å². The van der Waals surface area contributed by atoms with Crippen molar-refractivity contribution in [3.63, 3.8) is 0 Å². The third-order valence-electron chi connectivity index (χ3n) is 5.67. The van der Waals surface area contributed by atoms with Gasteiger partial charge in [0.15, 0.2) is 0 Å². The molecule has 0 N–H and O–H groups in total. The Labute approximate surface area is 147 Å². The van der Waals surface area contributed by atoms with Crippen molar-refractivity contribution in [1.82, 2.24) is 24.2 Å². The molecule has 5 rings (SSSR count). The molecule has 132 valence electrons. The number of carbonyl (C=O) groups excluding carboxylic acids is 1. The summed E-state index contributed by atoms with van der Waals surface area (Å²) in [5.74, 6) is 0.223. The van der Waals surface area contributed by atoms with Crippen LogP contribution >= 0.6 is 0 Å². The van der Waals surface area contributed by atoms with E-state index in [2.05, 4.69) is 24.2 Å². The molecule has 7 nitrogen and oxygen atoms in total. The molecule has 2 aromatic rings. The van der Waals surface area contributed by atoms with Crippen LogP contribution in [-0.4, -0.2) is 49.8 Å². The summed E-state index contributed by atoms with van der Waals surface area (Å²) in [6, 6.07) is 1.08. The van der Waals surface area contributed by atoms with Crippen molar-refractivity contribution in [1.29, 1.82) is 0 Å². The molecule has 0 aromatic carbocycles. The number of hydrogen-bond acceptors (Lipinski definition) is 4. The van der Waals surface area contributed by atoms with E-state index in [1.165, 1.54) is 18.5 Å². The normalized spacial score (nSPS) is 24.6. The number of anilines is 1. The molecule has 25 heavy (non-hydrogen) atoms. The zero-order valence-corrected chi connectivity index (χ0v) is 14.4. The van der Waals surface area contributed by atoms with Crippen molar-refractivity contribution >= 4 is 11.6 Å². The van der Waals surface area contributed by atoms with Gasteiger partial charge in [0.2, 0.25) is 5.91 Å². The summed E-state index contributed by atoms with van der Waals surface area (Å²) in [6.45, 7) is 3.88. The lowest BCUT2D eigenvalue weighted by Crippen LogP contribution is -2.23. The van der Waals surface area contributed by atoms with E-state index in [1.54, 1.807) is 0 Å². The molecule has 3 aliphatic rings. The van der Waals surface area contributed by atoms with Crippen LogP contribution in [0.4, 0.5) is 5.69 Å². The molecule has 2 aromatic heterocycles. The minimum Gasteiger partial charge on any atom is -0.330 e. The molecule has 7 heteroatoms. The Balaban J connectivity index is 1.24. The highest BCUT2D eigenvalue weighted by molar-refractivity contribution is 5.95. The SMILES string of the molecule is O=C1CCCN1c1cnn(C2CCN(Cc3cncn3C3CC3)C2)c1. The third kappa shape index (κ3) is 2.86. The van der Waals surface area contributed by atoms with Crippen molar-refractivity contribution in [3.8, 4) is 0 Å². The number of imidazole rings is 1. The van der Waals surface area contributed by atoms with Crippen molar-refractivity contribution in [3.05, 3.63) is 30.6 Å². The first-order chi connectivity index (χ1) is 12.3. The molecule has 0 spiro atoms. The van der Waals surface area contributed by atoms with E-state index < -0.39 is 0 Å². The smallest absolute Gasteiger partial charge is 0.227 e. The maximum atomic E-state index is 11.9. The van der Waals surface area contributed by atoms with Crippen molar-refractivity contribution in [2.75, 3.05) is 24.5 Å². The van der Waals surface area contributed by atoms with Crippen molar-refractivity contribution in [2.45, 2.75) is 50.7 Å². The van der Waals surface area contributed by atoms with Crippen LogP contribution < -0.4 is 4.90 Å². The molecular weight excluding hydrogens is 316 g/mol. The van der Waals surface area contributed by atoms with Gasteiger partial charge in [-0.05, 0) is 25.7 Å². The molecule has 3 fully saturated rings. The van der Waals surface area contributed by atoms with Gasteiger partial charge in [-0.1, -0.05) is 0 Å². The largest absolute Gasteiger partial charge is 0.330 e. The quantitative estimate of drug-likeness (QED) is 0.835. The fourth-order valence-electron chi connectivity index (χ4n) is 4.13. The number of aromatic nitrogens is 4. The van der Waals surface area contributed by atoms with Gasteiger partial charge in [-0.15, -0.1) is 0 Å². The second-order valence-electron chi connectivity index (χ2n) is 7.53. The predicted octanol–water partition coefficient (Wildman–Crippen LogP) is 1.99. The molecule has 1 atom stereocenters. The van der Waals surface area contributed by atoms with E-state index >= 15 is 0 Å². The Hall–Kier alpha value is -2.15. The van der Waals surface area contributed by atoms with Gasteiger partial charge < -0.3 is 9.47 Å². The molecule has 1 saturated carbocycles. The Morgan fingerprint density at radius 2 is 2.04 bits per heavy atom. The highest BCUT2D eigenvalue weighted by atomic mass is 16.2. The highest BCUT2D eigenvalue weighted by Gasteiger charge is 2.29. The lowest BCUT2D eigenvalue weighted by molar-refractivity contribution is -0.117. The van der Waals surface area contributed by atoms with E-state index in [4.69, 9.17) is 0 Å². The molecule has 1 amide bonds. The van der Waals surface area contributed by atoms with Gasteiger partial charge in [0, 0.05) is 51.0 Å². The summed E-state index contributed by atoms with van der Waals surface area (Å²) in [5, 5.41) is 4.54. The zero-order valence-electron chi connectivity index (χ0n) is 14.4. The number of amides is 1. The predicted molar refractivity (Wildman–Crippen MR) is 93.2 cm³/mol. The number of likely N-dealkylation sites (tertiary alicyclic amines) is 1. The summed E-state index contributed by atoms with van der Waals surface area (Å²) in [4.78, 5) is 20.6. The molecular formula is C18H24N6O. The molecule has 4 heterocycles. The highest BCUT2D eigenvalue weighted by Crippen LogP contribution is 2.36. The minimum atomic E-state index is 0.223. The van der Waals surface area contributed by atoms with E-state index in [0.717, 1.165) is 44.7 Å². The van der Waals surface area contributed by atoms with Gasteiger partial charge in [0.05, 0.1) is 29.9 Å².